The topological polar surface area (TPSA) is 58.4 Å². The Morgan fingerprint density at radius 3 is 2.69 bits per heavy atom. The van der Waals surface area contributed by atoms with Gasteiger partial charge in [-0.25, -0.2) is 4.79 Å². The van der Waals surface area contributed by atoms with Crippen molar-refractivity contribution >= 4 is 5.97 Å². The molecule has 0 bridgehead atoms. The zero-order valence-electron chi connectivity index (χ0n) is 9.30. The monoisotopic (exact) mass is 223 g/mol. The van der Waals surface area contributed by atoms with Crippen LogP contribution in [-0.4, -0.2) is 45.4 Å². The second-order valence-corrected chi connectivity index (χ2v) is 4.20. The molecule has 1 aliphatic heterocycles. The predicted molar refractivity (Wildman–Crippen MR) is 59.5 cm³/mol. The number of carbonyl (C=O) groups is 1. The summed E-state index contributed by atoms with van der Waals surface area (Å²) in [5.74, 6) is -0.913. The highest BCUT2D eigenvalue weighted by atomic mass is 16.4. The van der Waals surface area contributed by atoms with Gasteiger partial charge in [-0.15, -0.1) is 0 Å². The average Bonchev–Trinajstić information content (AvgIpc) is 2.76. The standard InChI is InChI=1S/C11H17N3O2/c15-11(16)10-8-12-14(9-10)7-6-13-4-2-1-3-5-13/h8-9H,1-7H2,(H,15,16). The van der Waals surface area contributed by atoms with E-state index in [0.717, 1.165) is 26.2 Å². The molecule has 88 valence electrons. The highest BCUT2D eigenvalue weighted by Gasteiger charge is 2.10. The second kappa shape index (κ2) is 5.12. The normalized spacial score (nSPS) is 17.5. The zero-order valence-corrected chi connectivity index (χ0v) is 9.30. The van der Waals surface area contributed by atoms with Crippen LogP contribution in [0.5, 0.6) is 0 Å². The first-order valence-electron chi connectivity index (χ1n) is 5.74. The molecule has 5 nitrogen and oxygen atoms in total. The van der Waals surface area contributed by atoms with Gasteiger partial charge in [0, 0.05) is 12.7 Å². The largest absolute Gasteiger partial charge is 0.478 e. The van der Waals surface area contributed by atoms with E-state index >= 15 is 0 Å². The van der Waals surface area contributed by atoms with Crippen molar-refractivity contribution in [1.29, 1.82) is 0 Å². The van der Waals surface area contributed by atoms with Crippen molar-refractivity contribution in [2.45, 2.75) is 25.8 Å². The van der Waals surface area contributed by atoms with Crippen molar-refractivity contribution in [3.63, 3.8) is 0 Å². The number of aromatic nitrogens is 2. The molecule has 0 atom stereocenters. The number of rotatable bonds is 4. The van der Waals surface area contributed by atoms with Gasteiger partial charge in [0.1, 0.15) is 0 Å². The third kappa shape index (κ3) is 2.82. The third-order valence-corrected chi connectivity index (χ3v) is 2.97. The summed E-state index contributed by atoms with van der Waals surface area (Å²) in [6, 6.07) is 0. The molecular weight excluding hydrogens is 206 g/mol. The maximum absolute atomic E-state index is 10.7. The fourth-order valence-corrected chi connectivity index (χ4v) is 2.02. The maximum atomic E-state index is 10.7. The molecule has 0 aliphatic carbocycles. The van der Waals surface area contributed by atoms with E-state index in [1.807, 2.05) is 0 Å². The summed E-state index contributed by atoms with van der Waals surface area (Å²) in [5.41, 5.74) is 0.263. The number of carboxylic acid groups (broad SMARTS) is 1. The van der Waals surface area contributed by atoms with Crippen molar-refractivity contribution in [3.8, 4) is 0 Å². The molecule has 5 heteroatoms. The highest BCUT2D eigenvalue weighted by molar-refractivity contribution is 5.86. The van der Waals surface area contributed by atoms with Gasteiger partial charge >= 0.3 is 5.97 Å². The molecule has 16 heavy (non-hydrogen) atoms. The minimum atomic E-state index is -0.913. The van der Waals surface area contributed by atoms with Gasteiger partial charge in [0.15, 0.2) is 0 Å². The Kier molecular flexibility index (Phi) is 3.56. The van der Waals surface area contributed by atoms with E-state index in [1.165, 1.54) is 25.5 Å². The van der Waals surface area contributed by atoms with Crippen molar-refractivity contribution in [2.75, 3.05) is 19.6 Å². The highest BCUT2D eigenvalue weighted by Crippen LogP contribution is 2.08. The zero-order chi connectivity index (χ0) is 11.4. The fraction of sp³-hybridized carbons (Fsp3) is 0.636. The lowest BCUT2D eigenvalue weighted by molar-refractivity contribution is 0.0696. The van der Waals surface area contributed by atoms with E-state index in [4.69, 9.17) is 5.11 Å². The summed E-state index contributed by atoms with van der Waals surface area (Å²) in [5, 5.41) is 12.8. The molecule has 0 spiro atoms. The van der Waals surface area contributed by atoms with Gasteiger partial charge in [-0.2, -0.15) is 5.10 Å². The van der Waals surface area contributed by atoms with Gasteiger partial charge < -0.3 is 10.0 Å². The van der Waals surface area contributed by atoms with Gasteiger partial charge in [0.25, 0.3) is 0 Å². The lowest BCUT2D eigenvalue weighted by Gasteiger charge is -2.26. The lowest BCUT2D eigenvalue weighted by atomic mass is 10.1. The quantitative estimate of drug-likeness (QED) is 0.829. The number of nitrogens with zero attached hydrogens (tertiary/aromatic N) is 3. The first-order chi connectivity index (χ1) is 7.75. The van der Waals surface area contributed by atoms with Gasteiger partial charge in [-0.05, 0) is 25.9 Å². The molecule has 1 aromatic rings. The maximum Gasteiger partial charge on any atom is 0.338 e. The first-order valence-corrected chi connectivity index (χ1v) is 5.74. The Bertz CT molecular complexity index is 356. The fourth-order valence-electron chi connectivity index (χ4n) is 2.02. The lowest BCUT2D eigenvalue weighted by Crippen LogP contribution is -2.32. The van der Waals surface area contributed by atoms with Gasteiger partial charge in [0.05, 0.1) is 18.3 Å². The molecule has 2 rings (SSSR count). The molecule has 0 saturated carbocycles. The number of likely N-dealkylation sites (tertiary alicyclic amines) is 1. The number of aromatic carboxylic acids is 1. The second-order valence-electron chi connectivity index (χ2n) is 4.20. The van der Waals surface area contributed by atoms with Crippen LogP contribution in [0, 0.1) is 0 Å². The van der Waals surface area contributed by atoms with Gasteiger partial charge in [-0.1, -0.05) is 6.42 Å². The van der Waals surface area contributed by atoms with E-state index < -0.39 is 5.97 Å². The molecule has 0 radical (unpaired) electrons. The van der Waals surface area contributed by atoms with Crippen LogP contribution in [0.4, 0.5) is 0 Å². The number of hydrogen-bond donors (Lipinski definition) is 1. The van der Waals surface area contributed by atoms with E-state index in [1.54, 1.807) is 10.9 Å². The average molecular weight is 223 g/mol. The van der Waals surface area contributed by atoms with Crippen molar-refractivity contribution in [1.82, 2.24) is 14.7 Å². The summed E-state index contributed by atoms with van der Waals surface area (Å²) in [7, 11) is 0. The Labute approximate surface area is 94.7 Å². The molecule has 1 aliphatic rings. The van der Waals surface area contributed by atoms with Gasteiger partial charge in [0.2, 0.25) is 0 Å². The number of piperidine rings is 1. The van der Waals surface area contributed by atoms with E-state index in [-0.39, 0.29) is 5.56 Å². The Hall–Kier alpha value is -1.36. The van der Waals surface area contributed by atoms with Crippen LogP contribution in [0.1, 0.15) is 29.6 Å². The molecule has 0 aromatic carbocycles. The first kappa shape index (κ1) is 11.1. The van der Waals surface area contributed by atoms with Crippen LogP contribution in [0.3, 0.4) is 0 Å². The number of carboxylic acids is 1. The Morgan fingerprint density at radius 1 is 1.31 bits per heavy atom. The third-order valence-electron chi connectivity index (χ3n) is 2.97. The summed E-state index contributed by atoms with van der Waals surface area (Å²) in [6.07, 6.45) is 6.88. The predicted octanol–water partition coefficient (Wildman–Crippen LogP) is 1.07. The molecule has 1 aromatic heterocycles. The minimum Gasteiger partial charge on any atom is -0.478 e. The minimum absolute atomic E-state index is 0.263. The van der Waals surface area contributed by atoms with Crippen LogP contribution in [0.15, 0.2) is 12.4 Å². The Morgan fingerprint density at radius 2 is 2.06 bits per heavy atom. The molecule has 2 heterocycles. The summed E-state index contributed by atoms with van der Waals surface area (Å²) >= 11 is 0. The summed E-state index contributed by atoms with van der Waals surface area (Å²) < 4.78 is 1.71. The van der Waals surface area contributed by atoms with Crippen LogP contribution in [0.2, 0.25) is 0 Å². The van der Waals surface area contributed by atoms with Crippen LogP contribution in [-0.2, 0) is 6.54 Å². The summed E-state index contributed by atoms with van der Waals surface area (Å²) in [4.78, 5) is 13.1. The molecular formula is C11H17N3O2. The molecule has 0 unspecified atom stereocenters. The number of hydrogen-bond acceptors (Lipinski definition) is 3. The van der Waals surface area contributed by atoms with E-state index in [0.29, 0.717) is 0 Å². The SMILES string of the molecule is O=C(O)c1cnn(CCN2CCCCC2)c1. The van der Waals surface area contributed by atoms with Crippen molar-refractivity contribution in [3.05, 3.63) is 18.0 Å². The molecule has 0 amide bonds. The van der Waals surface area contributed by atoms with E-state index in [2.05, 4.69) is 10.00 Å². The summed E-state index contributed by atoms with van der Waals surface area (Å²) in [6.45, 7) is 4.05. The smallest absolute Gasteiger partial charge is 0.338 e. The molecule has 1 saturated heterocycles. The van der Waals surface area contributed by atoms with Crippen LogP contribution < -0.4 is 0 Å². The van der Waals surface area contributed by atoms with Gasteiger partial charge in [-0.3, -0.25) is 4.68 Å². The molecule has 1 N–H and O–H groups in total. The van der Waals surface area contributed by atoms with Crippen molar-refractivity contribution < 1.29 is 9.90 Å². The van der Waals surface area contributed by atoms with E-state index in [9.17, 15) is 4.79 Å². The van der Waals surface area contributed by atoms with Crippen molar-refractivity contribution in [2.24, 2.45) is 0 Å². The Balaban J connectivity index is 1.81. The van der Waals surface area contributed by atoms with Crippen LogP contribution >= 0.6 is 0 Å². The van der Waals surface area contributed by atoms with Crippen LogP contribution in [0.25, 0.3) is 0 Å². The molecule has 1 fully saturated rings.